The summed E-state index contributed by atoms with van der Waals surface area (Å²) in [5.41, 5.74) is 0.361. The van der Waals surface area contributed by atoms with Gasteiger partial charge in [-0.25, -0.2) is 4.39 Å². The van der Waals surface area contributed by atoms with Crippen LogP contribution in [0.15, 0.2) is 18.2 Å². The average Bonchev–Trinajstić information content (AvgIpc) is 2.64. The SMILES string of the molecule is CC(=O)n1c([Si](C)(C)C)c(F)c2cccc(O[B]O)c21. The first-order valence-electron chi connectivity index (χ1n) is 6.26. The van der Waals surface area contributed by atoms with E-state index in [1.54, 1.807) is 18.2 Å². The average molecular weight is 292 g/mol. The summed E-state index contributed by atoms with van der Waals surface area (Å²) in [6.07, 6.45) is 0. The van der Waals surface area contributed by atoms with Gasteiger partial charge in [0.15, 0.2) is 0 Å². The van der Waals surface area contributed by atoms with Crippen molar-refractivity contribution in [1.29, 1.82) is 0 Å². The molecule has 1 N–H and O–H groups in total. The summed E-state index contributed by atoms with van der Waals surface area (Å²) in [7, 11) is -1.55. The van der Waals surface area contributed by atoms with E-state index in [0.717, 1.165) is 0 Å². The number of halogens is 1. The molecular formula is C13H16BFNO3Si. The standard InChI is InChI=1S/C13H16BFNO3Si/c1-8(17)16-12-9(6-5-7-10(12)19-14-18)11(15)13(16)20(2,3)4/h5-7,18H,1-4H3. The van der Waals surface area contributed by atoms with Crippen LogP contribution in [0.3, 0.4) is 0 Å². The molecule has 7 heteroatoms. The molecule has 1 heterocycles. The van der Waals surface area contributed by atoms with Gasteiger partial charge < -0.3 is 9.68 Å². The van der Waals surface area contributed by atoms with Gasteiger partial charge in [-0.2, -0.15) is 0 Å². The fraction of sp³-hybridized carbons (Fsp3) is 0.308. The number of benzene rings is 1. The number of aromatic nitrogens is 1. The summed E-state index contributed by atoms with van der Waals surface area (Å²) in [5, 5.41) is 9.59. The summed E-state index contributed by atoms with van der Waals surface area (Å²) in [6.45, 7) is 7.31. The zero-order valence-electron chi connectivity index (χ0n) is 11.9. The van der Waals surface area contributed by atoms with Crippen LogP contribution in [0.25, 0.3) is 10.9 Å². The fourth-order valence-electron chi connectivity index (χ4n) is 2.40. The molecule has 2 rings (SSSR count). The Hall–Kier alpha value is -1.60. The van der Waals surface area contributed by atoms with Crippen molar-refractivity contribution in [3.05, 3.63) is 24.0 Å². The molecule has 0 bridgehead atoms. The van der Waals surface area contributed by atoms with Gasteiger partial charge >= 0.3 is 7.69 Å². The van der Waals surface area contributed by atoms with E-state index in [0.29, 0.717) is 23.9 Å². The highest BCUT2D eigenvalue weighted by atomic mass is 28.3. The second-order valence-electron chi connectivity index (χ2n) is 5.64. The smallest absolute Gasteiger partial charge is 0.536 e. The molecule has 0 amide bonds. The molecule has 2 aromatic rings. The molecule has 0 saturated heterocycles. The Morgan fingerprint density at radius 2 is 2.05 bits per heavy atom. The zero-order chi connectivity index (χ0) is 15.1. The van der Waals surface area contributed by atoms with Crippen LogP contribution in [-0.4, -0.2) is 31.3 Å². The van der Waals surface area contributed by atoms with Gasteiger partial charge in [0, 0.05) is 17.6 Å². The molecule has 4 nitrogen and oxygen atoms in total. The van der Waals surface area contributed by atoms with Crippen LogP contribution < -0.4 is 9.97 Å². The highest BCUT2D eigenvalue weighted by molar-refractivity contribution is 6.88. The minimum Gasteiger partial charge on any atom is -0.536 e. The highest BCUT2D eigenvalue weighted by Gasteiger charge is 2.31. The van der Waals surface area contributed by atoms with Gasteiger partial charge in [-0.1, -0.05) is 25.7 Å². The molecule has 0 fully saturated rings. The Morgan fingerprint density at radius 1 is 1.40 bits per heavy atom. The Bertz CT molecular complexity index is 678. The number of para-hydroxylation sites is 1. The maximum atomic E-state index is 14.7. The van der Waals surface area contributed by atoms with Crippen LogP contribution in [0.1, 0.15) is 11.7 Å². The van der Waals surface area contributed by atoms with Crippen molar-refractivity contribution in [1.82, 2.24) is 4.57 Å². The van der Waals surface area contributed by atoms with Gasteiger partial charge in [-0.3, -0.25) is 9.36 Å². The third-order valence-corrected chi connectivity index (χ3v) is 4.96. The first kappa shape index (κ1) is 14.8. The fourth-order valence-corrected chi connectivity index (χ4v) is 4.13. The predicted octanol–water partition coefficient (Wildman–Crippen LogP) is 1.89. The van der Waals surface area contributed by atoms with Crippen molar-refractivity contribution in [2.75, 3.05) is 0 Å². The monoisotopic (exact) mass is 292 g/mol. The number of nitrogens with zero attached hydrogens (tertiary/aromatic N) is 1. The molecule has 0 aliphatic carbocycles. The van der Waals surface area contributed by atoms with E-state index in [9.17, 15) is 9.18 Å². The Morgan fingerprint density at radius 3 is 2.55 bits per heavy atom. The largest absolute Gasteiger partial charge is 0.569 e. The quantitative estimate of drug-likeness (QED) is 0.879. The second-order valence-corrected chi connectivity index (χ2v) is 10.6. The van der Waals surface area contributed by atoms with E-state index < -0.39 is 8.07 Å². The zero-order valence-corrected chi connectivity index (χ0v) is 12.9. The molecule has 0 aliphatic heterocycles. The van der Waals surface area contributed by atoms with Crippen molar-refractivity contribution in [2.24, 2.45) is 0 Å². The third kappa shape index (κ3) is 2.27. The molecule has 0 aliphatic rings. The molecule has 0 unspecified atom stereocenters. The van der Waals surface area contributed by atoms with Crippen LogP contribution in [-0.2, 0) is 0 Å². The van der Waals surface area contributed by atoms with Gasteiger partial charge in [0.05, 0.1) is 5.52 Å². The lowest BCUT2D eigenvalue weighted by Gasteiger charge is -2.18. The van der Waals surface area contributed by atoms with Crippen LogP contribution in [0, 0.1) is 5.82 Å². The van der Waals surface area contributed by atoms with E-state index >= 15 is 0 Å². The summed E-state index contributed by atoms with van der Waals surface area (Å²) in [4.78, 5) is 12.0. The topological polar surface area (TPSA) is 51.5 Å². The van der Waals surface area contributed by atoms with Crippen molar-refractivity contribution < 1.29 is 18.9 Å². The van der Waals surface area contributed by atoms with Gasteiger partial charge in [-0.15, -0.1) is 0 Å². The molecule has 1 aromatic heterocycles. The van der Waals surface area contributed by atoms with Crippen LogP contribution in [0.2, 0.25) is 19.6 Å². The van der Waals surface area contributed by atoms with E-state index in [4.69, 9.17) is 9.68 Å². The lowest BCUT2D eigenvalue weighted by atomic mass is 10.2. The minimum absolute atomic E-state index is 0.253. The maximum Gasteiger partial charge on any atom is 0.569 e. The minimum atomic E-state index is -2.08. The number of carbonyl (C=O) groups excluding carboxylic acids is 1. The van der Waals surface area contributed by atoms with Crippen molar-refractivity contribution in [3.63, 3.8) is 0 Å². The van der Waals surface area contributed by atoms with Crippen LogP contribution >= 0.6 is 0 Å². The van der Waals surface area contributed by atoms with Crippen molar-refractivity contribution >= 4 is 37.9 Å². The van der Waals surface area contributed by atoms with Crippen LogP contribution in [0.5, 0.6) is 5.75 Å². The Labute approximate surface area is 118 Å². The molecule has 105 valence electrons. The molecule has 1 aromatic carbocycles. The Kier molecular flexibility index (Phi) is 3.75. The molecule has 0 spiro atoms. The molecule has 0 saturated carbocycles. The van der Waals surface area contributed by atoms with Crippen molar-refractivity contribution in [2.45, 2.75) is 26.6 Å². The van der Waals surface area contributed by atoms with E-state index in [1.165, 1.54) is 11.5 Å². The summed E-state index contributed by atoms with van der Waals surface area (Å²) < 4.78 is 21.1. The molecule has 1 radical (unpaired) electrons. The molecular weight excluding hydrogens is 276 g/mol. The van der Waals surface area contributed by atoms with Gasteiger partial charge in [0.1, 0.15) is 19.6 Å². The summed E-state index contributed by atoms with van der Waals surface area (Å²) in [5.74, 6) is -0.397. The third-order valence-electron chi connectivity index (χ3n) is 3.10. The van der Waals surface area contributed by atoms with Gasteiger partial charge in [0.25, 0.3) is 0 Å². The second kappa shape index (κ2) is 5.07. The Balaban J connectivity index is 2.95. The first-order valence-corrected chi connectivity index (χ1v) is 9.76. The summed E-state index contributed by atoms with van der Waals surface area (Å²) >= 11 is 0. The van der Waals surface area contributed by atoms with Crippen molar-refractivity contribution in [3.8, 4) is 5.75 Å². The lowest BCUT2D eigenvalue weighted by Crippen LogP contribution is -2.46. The number of rotatable bonds is 3. The first-order chi connectivity index (χ1) is 9.29. The van der Waals surface area contributed by atoms with E-state index in [2.05, 4.69) is 0 Å². The molecule has 0 atom stereocenters. The van der Waals surface area contributed by atoms with Crippen LogP contribution in [0.4, 0.5) is 4.39 Å². The predicted molar refractivity (Wildman–Crippen MR) is 79.8 cm³/mol. The highest BCUT2D eigenvalue weighted by Crippen LogP contribution is 2.29. The van der Waals surface area contributed by atoms with Gasteiger partial charge in [-0.05, 0) is 12.1 Å². The number of hydrogen-bond donors (Lipinski definition) is 1. The number of carbonyl (C=O) groups is 1. The molecule has 20 heavy (non-hydrogen) atoms. The lowest BCUT2D eigenvalue weighted by molar-refractivity contribution is 0.0943. The van der Waals surface area contributed by atoms with E-state index in [1.807, 2.05) is 19.6 Å². The normalized spacial score (nSPS) is 11.7. The van der Waals surface area contributed by atoms with E-state index in [-0.39, 0.29) is 17.5 Å². The number of fused-ring (bicyclic) bond motifs is 1. The van der Waals surface area contributed by atoms with Gasteiger partial charge in [0.2, 0.25) is 5.91 Å². The summed E-state index contributed by atoms with van der Waals surface area (Å²) in [6, 6.07) is 4.82. The number of hydrogen-bond acceptors (Lipinski definition) is 3. The maximum absolute atomic E-state index is 14.7.